The molecule has 0 aromatic heterocycles. The van der Waals surface area contributed by atoms with Crippen molar-refractivity contribution in [2.75, 3.05) is 0 Å². The van der Waals surface area contributed by atoms with Crippen molar-refractivity contribution in [3.63, 3.8) is 0 Å². The van der Waals surface area contributed by atoms with Crippen LogP contribution in [-0.4, -0.2) is 11.1 Å². The molecule has 0 heterocycles. The SMILES string of the molecule is O=C(O)C1=CCC(c2ccccc2)C1. The van der Waals surface area contributed by atoms with Crippen LogP contribution in [0, 0.1) is 0 Å². The summed E-state index contributed by atoms with van der Waals surface area (Å²) in [6.45, 7) is 0. The van der Waals surface area contributed by atoms with Gasteiger partial charge in [-0.05, 0) is 24.3 Å². The van der Waals surface area contributed by atoms with Gasteiger partial charge in [-0.2, -0.15) is 0 Å². The molecule has 2 heteroatoms. The largest absolute Gasteiger partial charge is 0.478 e. The summed E-state index contributed by atoms with van der Waals surface area (Å²) in [5.74, 6) is -0.411. The van der Waals surface area contributed by atoms with E-state index in [1.807, 2.05) is 24.3 Å². The van der Waals surface area contributed by atoms with E-state index in [4.69, 9.17) is 5.11 Å². The number of allylic oxidation sites excluding steroid dienone is 1. The van der Waals surface area contributed by atoms with E-state index >= 15 is 0 Å². The Morgan fingerprint density at radius 1 is 1.29 bits per heavy atom. The van der Waals surface area contributed by atoms with E-state index in [0.717, 1.165) is 6.42 Å². The summed E-state index contributed by atoms with van der Waals surface area (Å²) in [6.07, 6.45) is 3.35. The van der Waals surface area contributed by atoms with E-state index < -0.39 is 5.97 Å². The Hall–Kier alpha value is -1.57. The molecule has 1 atom stereocenters. The zero-order valence-electron chi connectivity index (χ0n) is 7.81. The van der Waals surface area contributed by atoms with Gasteiger partial charge in [-0.15, -0.1) is 0 Å². The van der Waals surface area contributed by atoms with Gasteiger partial charge >= 0.3 is 5.97 Å². The van der Waals surface area contributed by atoms with E-state index in [1.165, 1.54) is 5.56 Å². The minimum absolute atomic E-state index is 0.363. The van der Waals surface area contributed by atoms with Crippen molar-refractivity contribution in [2.45, 2.75) is 18.8 Å². The van der Waals surface area contributed by atoms with Crippen LogP contribution in [0.1, 0.15) is 24.3 Å². The van der Waals surface area contributed by atoms with Crippen LogP contribution in [0.2, 0.25) is 0 Å². The van der Waals surface area contributed by atoms with Crippen LogP contribution in [0.5, 0.6) is 0 Å². The maximum atomic E-state index is 10.7. The molecule has 0 amide bonds. The summed E-state index contributed by atoms with van der Waals surface area (Å²) in [5.41, 5.74) is 1.79. The average molecular weight is 188 g/mol. The number of aliphatic carboxylic acids is 1. The molecule has 0 saturated carbocycles. The first kappa shape index (κ1) is 9.00. The zero-order chi connectivity index (χ0) is 9.97. The van der Waals surface area contributed by atoms with Crippen molar-refractivity contribution in [1.82, 2.24) is 0 Å². The quantitative estimate of drug-likeness (QED) is 0.774. The first-order valence-corrected chi connectivity index (χ1v) is 4.74. The Kier molecular flexibility index (Phi) is 2.35. The summed E-state index contributed by atoms with van der Waals surface area (Å²) in [4.78, 5) is 10.7. The molecule has 1 aromatic carbocycles. The Morgan fingerprint density at radius 2 is 2.00 bits per heavy atom. The van der Waals surface area contributed by atoms with Gasteiger partial charge in [-0.3, -0.25) is 0 Å². The number of hydrogen-bond acceptors (Lipinski definition) is 1. The molecule has 2 rings (SSSR count). The van der Waals surface area contributed by atoms with Crippen LogP contribution in [0.3, 0.4) is 0 Å². The molecular formula is C12H12O2. The normalized spacial score (nSPS) is 20.6. The second-order valence-corrected chi connectivity index (χ2v) is 3.58. The molecule has 1 aliphatic carbocycles. The van der Waals surface area contributed by atoms with Crippen molar-refractivity contribution in [3.05, 3.63) is 47.5 Å². The summed E-state index contributed by atoms with van der Waals surface area (Å²) in [5, 5.41) is 8.81. The van der Waals surface area contributed by atoms with Gasteiger partial charge in [-0.1, -0.05) is 36.4 Å². The lowest BCUT2D eigenvalue weighted by atomic mass is 9.96. The Morgan fingerprint density at radius 3 is 2.57 bits per heavy atom. The predicted molar refractivity (Wildman–Crippen MR) is 54.1 cm³/mol. The van der Waals surface area contributed by atoms with Crippen molar-refractivity contribution in [1.29, 1.82) is 0 Å². The highest BCUT2D eigenvalue weighted by Gasteiger charge is 2.22. The van der Waals surface area contributed by atoms with Crippen molar-refractivity contribution >= 4 is 5.97 Å². The molecule has 0 saturated heterocycles. The lowest BCUT2D eigenvalue weighted by molar-refractivity contribution is -0.132. The second kappa shape index (κ2) is 3.66. The monoisotopic (exact) mass is 188 g/mol. The first-order valence-electron chi connectivity index (χ1n) is 4.74. The second-order valence-electron chi connectivity index (χ2n) is 3.58. The van der Waals surface area contributed by atoms with Crippen LogP contribution >= 0.6 is 0 Å². The van der Waals surface area contributed by atoms with Crippen LogP contribution in [0.4, 0.5) is 0 Å². The summed E-state index contributed by atoms with van der Waals surface area (Å²) < 4.78 is 0. The third-order valence-corrected chi connectivity index (χ3v) is 2.66. The first-order chi connectivity index (χ1) is 6.77. The van der Waals surface area contributed by atoms with E-state index in [-0.39, 0.29) is 0 Å². The fraction of sp³-hybridized carbons (Fsp3) is 0.250. The highest BCUT2D eigenvalue weighted by Crippen LogP contribution is 2.33. The molecule has 14 heavy (non-hydrogen) atoms. The van der Waals surface area contributed by atoms with Crippen molar-refractivity contribution in [2.24, 2.45) is 0 Å². The molecule has 0 radical (unpaired) electrons. The molecule has 0 aliphatic heterocycles. The molecule has 1 aromatic rings. The summed E-state index contributed by atoms with van der Waals surface area (Å²) >= 11 is 0. The van der Waals surface area contributed by atoms with Gasteiger partial charge in [0.1, 0.15) is 0 Å². The Bertz CT molecular complexity index is 365. The van der Waals surface area contributed by atoms with E-state index in [1.54, 1.807) is 0 Å². The van der Waals surface area contributed by atoms with Gasteiger partial charge in [-0.25, -0.2) is 4.79 Å². The van der Waals surface area contributed by atoms with Gasteiger partial charge in [0.2, 0.25) is 0 Å². The van der Waals surface area contributed by atoms with E-state index in [0.29, 0.717) is 17.9 Å². The molecule has 1 aliphatic rings. The van der Waals surface area contributed by atoms with Crippen LogP contribution in [0.15, 0.2) is 42.0 Å². The minimum Gasteiger partial charge on any atom is -0.478 e. The molecule has 0 spiro atoms. The van der Waals surface area contributed by atoms with E-state index in [9.17, 15) is 4.79 Å². The molecule has 0 bridgehead atoms. The third-order valence-electron chi connectivity index (χ3n) is 2.66. The molecular weight excluding hydrogens is 176 g/mol. The smallest absolute Gasteiger partial charge is 0.331 e. The highest BCUT2D eigenvalue weighted by atomic mass is 16.4. The van der Waals surface area contributed by atoms with Crippen LogP contribution < -0.4 is 0 Å². The van der Waals surface area contributed by atoms with Crippen LogP contribution in [0.25, 0.3) is 0 Å². The van der Waals surface area contributed by atoms with Crippen LogP contribution in [-0.2, 0) is 4.79 Å². The number of benzene rings is 1. The summed E-state index contributed by atoms with van der Waals surface area (Å²) in [6, 6.07) is 10.1. The molecule has 0 fully saturated rings. The lowest BCUT2D eigenvalue weighted by Gasteiger charge is -2.08. The predicted octanol–water partition coefficient (Wildman–Crippen LogP) is 2.58. The van der Waals surface area contributed by atoms with E-state index in [2.05, 4.69) is 12.1 Å². The summed E-state index contributed by atoms with van der Waals surface area (Å²) in [7, 11) is 0. The average Bonchev–Trinajstić information content (AvgIpc) is 2.68. The fourth-order valence-electron chi connectivity index (χ4n) is 1.87. The topological polar surface area (TPSA) is 37.3 Å². The molecule has 1 N–H and O–H groups in total. The lowest BCUT2D eigenvalue weighted by Crippen LogP contribution is -2.00. The van der Waals surface area contributed by atoms with Gasteiger partial charge < -0.3 is 5.11 Å². The fourth-order valence-corrected chi connectivity index (χ4v) is 1.87. The number of rotatable bonds is 2. The molecule has 2 nitrogen and oxygen atoms in total. The number of hydrogen-bond donors (Lipinski definition) is 1. The van der Waals surface area contributed by atoms with Gasteiger partial charge in [0.25, 0.3) is 0 Å². The standard InChI is InChI=1S/C12H12O2/c13-12(14)11-7-6-10(8-11)9-4-2-1-3-5-9/h1-5,7,10H,6,8H2,(H,13,14). The number of carbonyl (C=O) groups is 1. The maximum absolute atomic E-state index is 10.7. The minimum atomic E-state index is -0.775. The number of carboxylic acids is 1. The highest BCUT2D eigenvalue weighted by molar-refractivity contribution is 5.87. The third kappa shape index (κ3) is 1.69. The van der Waals surface area contributed by atoms with Crippen molar-refractivity contribution in [3.8, 4) is 0 Å². The molecule has 72 valence electrons. The zero-order valence-corrected chi connectivity index (χ0v) is 7.81. The number of carboxylic acid groups (broad SMARTS) is 1. The maximum Gasteiger partial charge on any atom is 0.331 e. The van der Waals surface area contributed by atoms with Gasteiger partial charge in [0.05, 0.1) is 0 Å². The molecule has 1 unspecified atom stereocenters. The Balaban J connectivity index is 2.10. The van der Waals surface area contributed by atoms with Crippen molar-refractivity contribution < 1.29 is 9.90 Å². The Labute approximate surface area is 82.9 Å². The van der Waals surface area contributed by atoms with Gasteiger partial charge in [0.15, 0.2) is 0 Å². The van der Waals surface area contributed by atoms with Gasteiger partial charge in [0, 0.05) is 5.57 Å².